The summed E-state index contributed by atoms with van der Waals surface area (Å²) in [5.74, 6) is -0.0584. The molecule has 0 aromatic carbocycles. The number of phosphoric ester groups is 2. The lowest BCUT2D eigenvalue weighted by atomic mass is 10.0. The van der Waals surface area contributed by atoms with Crippen LogP contribution in [0.15, 0.2) is 24.3 Å². The number of phosphoric acid groups is 2. The molecule has 0 aliphatic rings. The van der Waals surface area contributed by atoms with Gasteiger partial charge in [0.15, 0.2) is 12.2 Å². The lowest BCUT2D eigenvalue weighted by Gasteiger charge is -2.21. The van der Waals surface area contributed by atoms with E-state index >= 15 is 0 Å². The van der Waals surface area contributed by atoms with E-state index in [9.17, 15) is 43.2 Å². The number of carbonyl (C=O) groups is 4. The normalized spacial score (nSPS) is 14.4. The van der Waals surface area contributed by atoms with Gasteiger partial charge in [-0.2, -0.15) is 0 Å². The van der Waals surface area contributed by atoms with E-state index in [1.54, 1.807) is 0 Å². The number of aliphatic hydroxyl groups is 1. The van der Waals surface area contributed by atoms with Crippen molar-refractivity contribution in [3.8, 4) is 0 Å². The Morgan fingerprint density at radius 3 is 0.931 bits per heavy atom. The quantitative estimate of drug-likeness (QED) is 0.0169. The van der Waals surface area contributed by atoms with Gasteiger partial charge in [0.25, 0.3) is 0 Å². The Morgan fingerprint density at radius 2 is 0.621 bits per heavy atom. The van der Waals surface area contributed by atoms with Crippen molar-refractivity contribution in [2.24, 2.45) is 17.8 Å². The highest BCUT2D eigenvalue weighted by molar-refractivity contribution is 7.47. The van der Waals surface area contributed by atoms with E-state index in [1.807, 2.05) is 0 Å². The highest BCUT2D eigenvalue weighted by atomic mass is 31.2. The maximum absolute atomic E-state index is 13.0. The van der Waals surface area contributed by atoms with Gasteiger partial charge in [0.1, 0.15) is 19.3 Å². The van der Waals surface area contributed by atoms with E-state index in [0.717, 1.165) is 121 Å². The monoisotopic (exact) mass is 1280 g/mol. The molecule has 17 nitrogen and oxygen atoms in total. The Morgan fingerprint density at radius 1 is 0.356 bits per heavy atom. The van der Waals surface area contributed by atoms with Crippen LogP contribution in [0.2, 0.25) is 0 Å². The van der Waals surface area contributed by atoms with Crippen LogP contribution in [0.25, 0.3) is 0 Å². The fraction of sp³-hybridized carbons (Fsp3) is 0.882. The zero-order valence-corrected chi connectivity index (χ0v) is 57.7. The number of unbranched alkanes of at least 4 members (excludes halogenated alkanes) is 29. The molecule has 0 amide bonds. The van der Waals surface area contributed by atoms with Crippen molar-refractivity contribution in [2.75, 3.05) is 39.6 Å². The first kappa shape index (κ1) is 84.5. The molecule has 19 heteroatoms. The number of esters is 4. The minimum absolute atomic E-state index is 0.0983. The average Bonchev–Trinajstić information content (AvgIpc) is 3.63. The van der Waals surface area contributed by atoms with E-state index in [1.165, 1.54) is 96.3 Å². The molecule has 5 atom stereocenters. The van der Waals surface area contributed by atoms with Crippen LogP contribution in [0.4, 0.5) is 0 Å². The number of hydrogen-bond donors (Lipinski definition) is 3. The number of hydrogen-bond acceptors (Lipinski definition) is 15. The number of rotatable bonds is 64. The average molecular weight is 1280 g/mol. The second-order valence-corrected chi connectivity index (χ2v) is 28.2. The molecule has 0 bridgehead atoms. The molecular weight excluding hydrogens is 1150 g/mol. The summed E-state index contributed by atoms with van der Waals surface area (Å²) >= 11 is 0. The summed E-state index contributed by atoms with van der Waals surface area (Å²) < 4.78 is 68.1. The minimum Gasteiger partial charge on any atom is -0.462 e. The summed E-state index contributed by atoms with van der Waals surface area (Å²) in [7, 11) is -9.91. The summed E-state index contributed by atoms with van der Waals surface area (Å²) in [6, 6.07) is 0. The maximum Gasteiger partial charge on any atom is 0.472 e. The van der Waals surface area contributed by atoms with Gasteiger partial charge < -0.3 is 33.8 Å². The third-order valence-corrected chi connectivity index (χ3v) is 16.9. The molecule has 512 valence electrons. The van der Waals surface area contributed by atoms with E-state index in [4.69, 9.17) is 37.0 Å². The second kappa shape index (κ2) is 58.6. The van der Waals surface area contributed by atoms with Gasteiger partial charge in [-0.1, -0.05) is 259 Å². The third kappa shape index (κ3) is 62.1. The van der Waals surface area contributed by atoms with Crippen LogP contribution in [0.3, 0.4) is 0 Å². The predicted octanol–water partition coefficient (Wildman–Crippen LogP) is 18.6. The zero-order chi connectivity index (χ0) is 64.5. The number of aliphatic hydroxyl groups excluding tert-OH is 1. The topological polar surface area (TPSA) is 237 Å². The SMILES string of the molecule is CCCCCC/C=C\C=C/CCCCCCCC(=O)OC[C@H](COP(=O)(O)OC[C@@H](O)COP(=O)(O)OC[C@@H](COC(=O)CCCCCCCCC(C)C)OC(=O)CCCCCCCCC(C)C)OC(=O)CCCCCCCCCCCCCC(C)C. The fourth-order valence-corrected chi connectivity index (χ4v) is 11.2. The van der Waals surface area contributed by atoms with Crippen molar-refractivity contribution in [3.05, 3.63) is 24.3 Å². The van der Waals surface area contributed by atoms with Crippen molar-refractivity contribution in [2.45, 2.75) is 330 Å². The van der Waals surface area contributed by atoms with Gasteiger partial charge in [-0.3, -0.25) is 37.3 Å². The van der Waals surface area contributed by atoms with Crippen molar-refractivity contribution < 1.29 is 80.2 Å². The van der Waals surface area contributed by atoms with Crippen molar-refractivity contribution >= 4 is 39.5 Å². The van der Waals surface area contributed by atoms with Crippen LogP contribution in [0.1, 0.15) is 312 Å². The van der Waals surface area contributed by atoms with Crippen LogP contribution < -0.4 is 0 Å². The highest BCUT2D eigenvalue weighted by Gasteiger charge is 2.30. The molecule has 0 fully saturated rings. The number of allylic oxidation sites excluding steroid dienone is 4. The molecule has 0 aromatic rings. The molecular formula is C68H128O17P2. The van der Waals surface area contributed by atoms with Crippen LogP contribution >= 0.6 is 15.6 Å². The maximum atomic E-state index is 13.0. The van der Waals surface area contributed by atoms with E-state index < -0.39 is 97.5 Å². The lowest BCUT2D eigenvalue weighted by Crippen LogP contribution is -2.30. The number of carbonyl (C=O) groups excluding carboxylic acids is 4. The van der Waals surface area contributed by atoms with E-state index in [0.29, 0.717) is 37.5 Å². The standard InChI is InChI=1S/C68H128O17P2/c1-8-9-10-11-12-13-14-15-16-17-20-23-26-35-42-49-65(70)78-55-63(84-67(72)51-44-37-27-24-21-18-19-22-25-32-39-46-59(2)3)57-82-86(74,75)80-53-62(69)54-81-87(76,77)83-58-64(85-68(73)52-45-38-31-29-34-41-48-61(6)7)56-79-66(71)50-43-36-30-28-33-40-47-60(4)5/h13-16,59-64,69H,8-12,17-58H2,1-7H3,(H,74,75)(H,76,77)/b14-13-,16-15-/t62-,63-,64-/m1/s1. The Bertz CT molecular complexity index is 1810. The van der Waals surface area contributed by atoms with Crippen LogP contribution in [-0.2, 0) is 65.4 Å². The molecule has 0 aliphatic heterocycles. The van der Waals surface area contributed by atoms with Crippen molar-refractivity contribution in [1.29, 1.82) is 0 Å². The van der Waals surface area contributed by atoms with Gasteiger partial charge in [-0.05, 0) is 69.1 Å². The van der Waals surface area contributed by atoms with Crippen molar-refractivity contribution in [3.63, 3.8) is 0 Å². The molecule has 2 unspecified atom stereocenters. The van der Waals surface area contributed by atoms with E-state index in [2.05, 4.69) is 72.8 Å². The van der Waals surface area contributed by atoms with Crippen LogP contribution in [0, 0.1) is 17.8 Å². The molecule has 0 aliphatic carbocycles. The van der Waals surface area contributed by atoms with Crippen molar-refractivity contribution in [1.82, 2.24) is 0 Å². The number of ether oxygens (including phenoxy) is 4. The summed E-state index contributed by atoms with van der Waals surface area (Å²) in [5, 5.41) is 10.6. The van der Waals surface area contributed by atoms with Crippen LogP contribution in [0.5, 0.6) is 0 Å². The van der Waals surface area contributed by atoms with Gasteiger partial charge in [-0.15, -0.1) is 0 Å². The Kier molecular flexibility index (Phi) is 57.0. The highest BCUT2D eigenvalue weighted by Crippen LogP contribution is 2.45. The first-order chi connectivity index (χ1) is 41.7. The van der Waals surface area contributed by atoms with Gasteiger partial charge in [-0.25, -0.2) is 9.13 Å². The first-order valence-electron chi connectivity index (χ1n) is 34.7. The molecule has 0 spiro atoms. The summed E-state index contributed by atoms with van der Waals surface area (Å²) in [5.41, 5.74) is 0. The predicted molar refractivity (Wildman–Crippen MR) is 349 cm³/mol. The Hall–Kier alpha value is -2.46. The van der Waals surface area contributed by atoms with Gasteiger partial charge in [0, 0.05) is 25.7 Å². The smallest absolute Gasteiger partial charge is 0.462 e. The molecule has 0 saturated carbocycles. The Labute approximate surface area is 529 Å². The minimum atomic E-state index is -4.96. The first-order valence-corrected chi connectivity index (χ1v) is 37.7. The Balaban J connectivity index is 5.27. The summed E-state index contributed by atoms with van der Waals surface area (Å²) in [6.45, 7) is 11.6. The molecule has 0 radical (unpaired) electrons. The zero-order valence-electron chi connectivity index (χ0n) is 56.0. The molecule has 0 aromatic heterocycles. The molecule has 3 N–H and O–H groups in total. The molecule has 0 heterocycles. The lowest BCUT2D eigenvalue weighted by molar-refractivity contribution is -0.161. The second-order valence-electron chi connectivity index (χ2n) is 25.3. The molecule has 0 saturated heterocycles. The third-order valence-electron chi connectivity index (χ3n) is 15.0. The summed E-state index contributed by atoms with van der Waals surface area (Å²) in [6.07, 6.45) is 44.2. The molecule has 0 rings (SSSR count). The summed E-state index contributed by atoms with van der Waals surface area (Å²) in [4.78, 5) is 72.3. The van der Waals surface area contributed by atoms with Gasteiger partial charge >= 0.3 is 39.5 Å². The fourth-order valence-electron chi connectivity index (χ4n) is 9.65. The van der Waals surface area contributed by atoms with Gasteiger partial charge in [0.2, 0.25) is 0 Å². The van der Waals surface area contributed by atoms with Crippen LogP contribution in [-0.4, -0.2) is 96.7 Å². The van der Waals surface area contributed by atoms with E-state index in [-0.39, 0.29) is 25.7 Å². The van der Waals surface area contributed by atoms with Gasteiger partial charge in [0.05, 0.1) is 26.4 Å². The largest absolute Gasteiger partial charge is 0.472 e. The molecule has 87 heavy (non-hydrogen) atoms.